The van der Waals surface area contributed by atoms with E-state index < -0.39 is 0 Å². The zero-order valence-electron chi connectivity index (χ0n) is 13.9. The zero-order valence-corrected chi connectivity index (χ0v) is 13.9. The molecule has 0 spiro atoms. The predicted molar refractivity (Wildman–Crippen MR) is 89.7 cm³/mol. The molecule has 0 atom stereocenters. The van der Waals surface area contributed by atoms with Crippen molar-refractivity contribution >= 4 is 5.96 Å². The molecule has 1 aromatic rings. The van der Waals surface area contributed by atoms with Gasteiger partial charge in [0.1, 0.15) is 5.82 Å². The summed E-state index contributed by atoms with van der Waals surface area (Å²) in [6.07, 6.45) is 3.23. The minimum atomic E-state index is -0.172. The normalized spacial score (nSPS) is 11.5. The Morgan fingerprint density at radius 1 is 1.23 bits per heavy atom. The molecule has 22 heavy (non-hydrogen) atoms. The number of hydrogen-bond donors (Lipinski definition) is 2. The molecule has 5 heteroatoms. The van der Waals surface area contributed by atoms with Gasteiger partial charge in [-0.05, 0) is 37.0 Å². The summed E-state index contributed by atoms with van der Waals surface area (Å²) >= 11 is 0. The number of nitrogens with one attached hydrogen (secondary N) is 2. The lowest BCUT2D eigenvalue weighted by atomic mass is 10.1. The van der Waals surface area contributed by atoms with Gasteiger partial charge in [0.25, 0.3) is 0 Å². The van der Waals surface area contributed by atoms with Crippen molar-refractivity contribution in [1.82, 2.24) is 10.6 Å². The molecule has 4 nitrogen and oxygen atoms in total. The summed E-state index contributed by atoms with van der Waals surface area (Å²) in [7, 11) is 1.74. The van der Waals surface area contributed by atoms with Gasteiger partial charge in [-0.25, -0.2) is 4.39 Å². The zero-order chi connectivity index (χ0) is 16.2. The van der Waals surface area contributed by atoms with Gasteiger partial charge < -0.3 is 15.4 Å². The molecule has 1 aromatic carbocycles. The Morgan fingerprint density at radius 3 is 2.68 bits per heavy atom. The summed E-state index contributed by atoms with van der Waals surface area (Å²) in [6.45, 7) is 6.96. The van der Waals surface area contributed by atoms with E-state index >= 15 is 0 Å². The number of aryl methyl sites for hydroxylation is 1. The average Bonchev–Trinajstić information content (AvgIpc) is 2.52. The Morgan fingerprint density at radius 2 is 2.00 bits per heavy atom. The van der Waals surface area contributed by atoms with E-state index in [1.54, 1.807) is 20.0 Å². The highest BCUT2D eigenvalue weighted by atomic mass is 19.1. The molecule has 124 valence electrons. The van der Waals surface area contributed by atoms with Crippen LogP contribution >= 0.6 is 0 Å². The Bertz CT molecular complexity index is 463. The van der Waals surface area contributed by atoms with E-state index in [1.807, 2.05) is 6.07 Å². The van der Waals surface area contributed by atoms with E-state index in [2.05, 4.69) is 22.5 Å². The van der Waals surface area contributed by atoms with Crippen molar-refractivity contribution in [3.8, 4) is 0 Å². The van der Waals surface area contributed by atoms with Crippen molar-refractivity contribution in [2.45, 2.75) is 39.7 Å². The van der Waals surface area contributed by atoms with Gasteiger partial charge in [0.05, 0.1) is 0 Å². The van der Waals surface area contributed by atoms with Crippen molar-refractivity contribution in [2.75, 3.05) is 26.8 Å². The van der Waals surface area contributed by atoms with Gasteiger partial charge in [-0.1, -0.05) is 25.5 Å². The standard InChI is InChI=1S/C17H28FN3O/c1-4-5-10-22-11-6-9-20-17(19-3)21-13-15-7-8-16(18)14(2)12-15/h7-8,12H,4-6,9-11,13H2,1-3H3,(H2,19,20,21). The molecule has 0 saturated heterocycles. The minimum absolute atomic E-state index is 0.172. The monoisotopic (exact) mass is 309 g/mol. The SMILES string of the molecule is CCCCOCCCNC(=NC)NCc1ccc(F)c(C)c1. The molecule has 2 N–H and O–H groups in total. The molecule has 0 aromatic heterocycles. The molecular formula is C17H28FN3O. The second-order valence-electron chi connectivity index (χ2n) is 5.26. The van der Waals surface area contributed by atoms with Gasteiger partial charge in [-0.3, -0.25) is 4.99 Å². The highest BCUT2D eigenvalue weighted by Crippen LogP contribution is 2.08. The number of unbranched alkanes of at least 4 members (excludes halogenated alkanes) is 1. The number of ether oxygens (including phenoxy) is 1. The molecule has 0 bridgehead atoms. The molecular weight excluding hydrogens is 281 g/mol. The molecule has 0 aliphatic heterocycles. The molecule has 0 saturated carbocycles. The van der Waals surface area contributed by atoms with Crippen LogP contribution in [0, 0.1) is 12.7 Å². The fourth-order valence-corrected chi connectivity index (χ4v) is 1.95. The molecule has 0 aliphatic carbocycles. The summed E-state index contributed by atoms with van der Waals surface area (Å²) in [4.78, 5) is 4.17. The lowest BCUT2D eigenvalue weighted by Gasteiger charge is -2.12. The number of nitrogens with zero attached hydrogens (tertiary/aromatic N) is 1. The van der Waals surface area contributed by atoms with Gasteiger partial charge in [0, 0.05) is 33.4 Å². The first-order valence-corrected chi connectivity index (χ1v) is 7.94. The van der Waals surface area contributed by atoms with E-state index in [9.17, 15) is 4.39 Å². The van der Waals surface area contributed by atoms with Gasteiger partial charge in [-0.2, -0.15) is 0 Å². The Labute approximate surface area is 133 Å². The second-order valence-corrected chi connectivity index (χ2v) is 5.26. The van der Waals surface area contributed by atoms with E-state index in [0.717, 1.165) is 50.5 Å². The average molecular weight is 309 g/mol. The van der Waals surface area contributed by atoms with E-state index in [1.165, 1.54) is 6.07 Å². The highest BCUT2D eigenvalue weighted by molar-refractivity contribution is 5.79. The molecule has 0 heterocycles. The maximum atomic E-state index is 13.2. The van der Waals surface area contributed by atoms with Crippen LogP contribution in [0.4, 0.5) is 4.39 Å². The third-order valence-electron chi connectivity index (χ3n) is 3.31. The van der Waals surface area contributed by atoms with Crippen LogP contribution in [0.25, 0.3) is 0 Å². The number of guanidine groups is 1. The number of aliphatic imine (C=N–C) groups is 1. The molecule has 0 radical (unpaired) electrons. The van der Waals surface area contributed by atoms with Crippen LogP contribution in [0.5, 0.6) is 0 Å². The molecule has 0 amide bonds. The molecule has 0 fully saturated rings. The van der Waals surface area contributed by atoms with Crippen LogP contribution in [-0.4, -0.2) is 32.8 Å². The van der Waals surface area contributed by atoms with Crippen molar-refractivity contribution in [3.05, 3.63) is 35.1 Å². The van der Waals surface area contributed by atoms with E-state index in [4.69, 9.17) is 4.74 Å². The summed E-state index contributed by atoms with van der Waals surface area (Å²) in [6, 6.07) is 5.12. The fourth-order valence-electron chi connectivity index (χ4n) is 1.95. The van der Waals surface area contributed by atoms with Gasteiger partial charge in [-0.15, -0.1) is 0 Å². The molecule has 0 aliphatic rings. The number of hydrogen-bond acceptors (Lipinski definition) is 2. The van der Waals surface area contributed by atoms with Crippen molar-refractivity contribution < 1.29 is 9.13 Å². The largest absolute Gasteiger partial charge is 0.381 e. The second kappa shape index (κ2) is 11.0. The third-order valence-corrected chi connectivity index (χ3v) is 3.31. The Hall–Kier alpha value is -1.62. The van der Waals surface area contributed by atoms with Gasteiger partial charge >= 0.3 is 0 Å². The Kier molecular flexibility index (Phi) is 9.23. The summed E-state index contributed by atoms with van der Waals surface area (Å²) < 4.78 is 18.7. The fraction of sp³-hybridized carbons (Fsp3) is 0.588. The van der Waals surface area contributed by atoms with Crippen molar-refractivity contribution in [2.24, 2.45) is 4.99 Å². The molecule has 1 rings (SSSR count). The van der Waals surface area contributed by atoms with Crippen LogP contribution < -0.4 is 10.6 Å². The van der Waals surface area contributed by atoms with Crippen LogP contribution in [0.3, 0.4) is 0 Å². The quantitative estimate of drug-likeness (QED) is 0.419. The highest BCUT2D eigenvalue weighted by Gasteiger charge is 2.01. The Balaban J connectivity index is 2.21. The van der Waals surface area contributed by atoms with Crippen molar-refractivity contribution in [3.63, 3.8) is 0 Å². The number of rotatable bonds is 9. The maximum Gasteiger partial charge on any atom is 0.191 e. The lowest BCUT2D eigenvalue weighted by Crippen LogP contribution is -2.37. The van der Waals surface area contributed by atoms with E-state index in [0.29, 0.717) is 12.1 Å². The van der Waals surface area contributed by atoms with Crippen LogP contribution in [0.2, 0.25) is 0 Å². The van der Waals surface area contributed by atoms with Crippen LogP contribution in [0.15, 0.2) is 23.2 Å². The molecule has 0 unspecified atom stereocenters. The van der Waals surface area contributed by atoms with E-state index in [-0.39, 0.29) is 5.82 Å². The topological polar surface area (TPSA) is 45.6 Å². The lowest BCUT2D eigenvalue weighted by molar-refractivity contribution is 0.129. The first kappa shape index (κ1) is 18.4. The third kappa shape index (κ3) is 7.41. The van der Waals surface area contributed by atoms with Crippen molar-refractivity contribution in [1.29, 1.82) is 0 Å². The first-order valence-electron chi connectivity index (χ1n) is 7.94. The summed E-state index contributed by atoms with van der Waals surface area (Å²) in [5.74, 6) is 0.574. The van der Waals surface area contributed by atoms with Crippen LogP contribution in [0.1, 0.15) is 37.3 Å². The maximum absolute atomic E-state index is 13.2. The summed E-state index contributed by atoms with van der Waals surface area (Å²) in [5, 5.41) is 6.46. The summed E-state index contributed by atoms with van der Waals surface area (Å²) in [5.41, 5.74) is 1.69. The van der Waals surface area contributed by atoms with Crippen LogP contribution in [-0.2, 0) is 11.3 Å². The number of benzene rings is 1. The number of halogens is 1. The first-order chi connectivity index (χ1) is 10.7. The predicted octanol–water partition coefficient (Wildman–Crippen LogP) is 3.01. The van der Waals surface area contributed by atoms with Gasteiger partial charge in [0.2, 0.25) is 0 Å². The smallest absolute Gasteiger partial charge is 0.191 e. The minimum Gasteiger partial charge on any atom is -0.381 e. The van der Waals surface area contributed by atoms with Gasteiger partial charge in [0.15, 0.2) is 5.96 Å².